The number of hydrogen-bond donors (Lipinski definition) is 1. The summed E-state index contributed by atoms with van der Waals surface area (Å²) >= 11 is 0. The first-order valence-electron chi connectivity index (χ1n) is 6.24. The van der Waals surface area contributed by atoms with E-state index in [-0.39, 0.29) is 5.91 Å². The Kier molecular flexibility index (Phi) is 6.22. The van der Waals surface area contributed by atoms with Gasteiger partial charge in [0.15, 0.2) is 0 Å². The molecule has 1 amide bonds. The van der Waals surface area contributed by atoms with Crippen LogP contribution in [0.4, 0.5) is 0 Å². The lowest BCUT2D eigenvalue weighted by Gasteiger charge is -2.17. The molecule has 0 bridgehead atoms. The maximum absolute atomic E-state index is 11.7. The highest BCUT2D eigenvalue weighted by Crippen LogP contribution is 2.13. The highest BCUT2D eigenvalue weighted by atomic mass is 16.5. The van der Waals surface area contributed by atoms with Gasteiger partial charge in [0.1, 0.15) is 5.75 Å². The van der Waals surface area contributed by atoms with E-state index in [9.17, 15) is 4.79 Å². The lowest BCUT2D eigenvalue weighted by Crippen LogP contribution is -2.29. The Morgan fingerprint density at radius 1 is 1.44 bits per heavy atom. The summed E-state index contributed by atoms with van der Waals surface area (Å²) in [6.45, 7) is 1.28. The molecule has 0 aliphatic carbocycles. The Morgan fingerprint density at radius 2 is 2.22 bits per heavy atom. The first kappa shape index (κ1) is 14.5. The van der Waals surface area contributed by atoms with Gasteiger partial charge in [0.05, 0.1) is 7.11 Å². The number of nitrogens with two attached hydrogens (primary N) is 1. The maximum atomic E-state index is 11.7. The summed E-state index contributed by atoms with van der Waals surface area (Å²) in [5, 5.41) is 0. The standard InChI is InChI=1S/C14H22N2O2/c1-16(14(17)7-4-9-15)10-8-12-5-3-6-13(11-12)18-2/h3,5-6,11H,4,7-10,15H2,1-2H3. The summed E-state index contributed by atoms with van der Waals surface area (Å²) in [5.74, 6) is 1.01. The van der Waals surface area contributed by atoms with E-state index >= 15 is 0 Å². The number of ether oxygens (including phenoxy) is 1. The molecule has 1 rings (SSSR count). The molecule has 0 aliphatic rings. The molecule has 100 valence electrons. The summed E-state index contributed by atoms with van der Waals surface area (Å²) in [6, 6.07) is 7.92. The SMILES string of the molecule is COc1cccc(CCN(C)C(=O)CCCN)c1. The first-order valence-corrected chi connectivity index (χ1v) is 6.24. The second-order valence-corrected chi connectivity index (χ2v) is 4.31. The third kappa shape index (κ3) is 4.75. The zero-order valence-corrected chi connectivity index (χ0v) is 11.2. The molecule has 0 spiro atoms. The van der Waals surface area contributed by atoms with Crippen LogP contribution in [0.25, 0.3) is 0 Å². The summed E-state index contributed by atoms with van der Waals surface area (Å²) in [7, 11) is 3.49. The quantitative estimate of drug-likeness (QED) is 0.796. The molecule has 0 saturated heterocycles. The molecule has 1 aromatic rings. The number of likely N-dealkylation sites (N-methyl/N-ethyl adjacent to an activating group) is 1. The van der Waals surface area contributed by atoms with Gasteiger partial charge >= 0.3 is 0 Å². The van der Waals surface area contributed by atoms with Crippen molar-refractivity contribution in [2.24, 2.45) is 5.73 Å². The minimum absolute atomic E-state index is 0.156. The second kappa shape index (κ2) is 7.71. The van der Waals surface area contributed by atoms with Crippen LogP contribution >= 0.6 is 0 Å². The largest absolute Gasteiger partial charge is 0.497 e. The molecule has 18 heavy (non-hydrogen) atoms. The van der Waals surface area contributed by atoms with E-state index in [1.54, 1.807) is 12.0 Å². The van der Waals surface area contributed by atoms with Crippen LogP contribution in [0.15, 0.2) is 24.3 Å². The monoisotopic (exact) mass is 250 g/mol. The average Bonchev–Trinajstić information content (AvgIpc) is 2.42. The number of amides is 1. The number of carbonyl (C=O) groups is 1. The van der Waals surface area contributed by atoms with Crippen molar-refractivity contribution in [3.05, 3.63) is 29.8 Å². The second-order valence-electron chi connectivity index (χ2n) is 4.31. The van der Waals surface area contributed by atoms with Crippen molar-refractivity contribution in [2.75, 3.05) is 27.2 Å². The van der Waals surface area contributed by atoms with Crippen LogP contribution < -0.4 is 10.5 Å². The number of benzene rings is 1. The zero-order valence-electron chi connectivity index (χ0n) is 11.2. The lowest BCUT2D eigenvalue weighted by atomic mass is 10.1. The molecule has 0 aliphatic heterocycles. The lowest BCUT2D eigenvalue weighted by molar-refractivity contribution is -0.129. The van der Waals surface area contributed by atoms with E-state index in [2.05, 4.69) is 0 Å². The molecule has 0 aromatic heterocycles. The number of hydrogen-bond acceptors (Lipinski definition) is 3. The van der Waals surface area contributed by atoms with Crippen molar-refractivity contribution in [1.29, 1.82) is 0 Å². The predicted molar refractivity (Wildman–Crippen MR) is 72.6 cm³/mol. The van der Waals surface area contributed by atoms with Crippen molar-refractivity contribution in [1.82, 2.24) is 4.90 Å². The molecule has 0 atom stereocenters. The van der Waals surface area contributed by atoms with E-state index in [4.69, 9.17) is 10.5 Å². The third-order valence-corrected chi connectivity index (χ3v) is 2.89. The third-order valence-electron chi connectivity index (χ3n) is 2.89. The van der Waals surface area contributed by atoms with Crippen molar-refractivity contribution >= 4 is 5.91 Å². The van der Waals surface area contributed by atoms with Gasteiger partial charge < -0.3 is 15.4 Å². The molecule has 4 heteroatoms. The van der Waals surface area contributed by atoms with Gasteiger partial charge in [-0.05, 0) is 37.1 Å². The molecule has 0 saturated carbocycles. The fourth-order valence-corrected chi connectivity index (χ4v) is 1.69. The summed E-state index contributed by atoms with van der Waals surface area (Å²) in [4.78, 5) is 13.5. The van der Waals surface area contributed by atoms with Gasteiger partial charge in [-0.1, -0.05) is 12.1 Å². The van der Waals surface area contributed by atoms with Crippen molar-refractivity contribution < 1.29 is 9.53 Å². The fourth-order valence-electron chi connectivity index (χ4n) is 1.69. The molecular weight excluding hydrogens is 228 g/mol. The number of methoxy groups -OCH3 is 1. The summed E-state index contributed by atoms with van der Waals surface area (Å²) in [6.07, 6.45) is 2.12. The minimum atomic E-state index is 0.156. The number of carbonyl (C=O) groups excluding carboxylic acids is 1. The molecule has 0 fully saturated rings. The predicted octanol–water partition coefficient (Wildman–Crippen LogP) is 1.43. The Labute approximate surface area is 109 Å². The van der Waals surface area contributed by atoms with E-state index in [1.165, 1.54) is 5.56 Å². The van der Waals surface area contributed by atoms with Gasteiger partial charge in [-0.15, -0.1) is 0 Å². The number of rotatable bonds is 7. The highest BCUT2D eigenvalue weighted by Gasteiger charge is 2.07. The normalized spacial score (nSPS) is 10.2. The molecular formula is C14H22N2O2. The van der Waals surface area contributed by atoms with Gasteiger partial charge in [0, 0.05) is 20.0 Å². The Bertz CT molecular complexity index is 380. The van der Waals surface area contributed by atoms with Crippen molar-refractivity contribution in [3.8, 4) is 5.75 Å². The molecule has 4 nitrogen and oxygen atoms in total. The highest BCUT2D eigenvalue weighted by molar-refractivity contribution is 5.75. The number of nitrogens with zero attached hydrogens (tertiary/aromatic N) is 1. The molecule has 0 unspecified atom stereocenters. The van der Waals surface area contributed by atoms with E-state index in [1.807, 2.05) is 31.3 Å². The Hall–Kier alpha value is -1.55. The molecule has 0 radical (unpaired) electrons. The van der Waals surface area contributed by atoms with Crippen molar-refractivity contribution in [3.63, 3.8) is 0 Å². The topological polar surface area (TPSA) is 55.6 Å². The van der Waals surface area contributed by atoms with E-state index in [0.29, 0.717) is 13.0 Å². The maximum Gasteiger partial charge on any atom is 0.222 e. The Morgan fingerprint density at radius 3 is 2.89 bits per heavy atom. The van der Waals surface area contributed by atoms with Crippen LogP contribution in [0.2, 0.25) is 0 Å². The Balaban J connectivity index is 2.41. The van der Waals surface area contributed by atoms with Crippen molar-refractivity contribution in [2.45, 2.75) is 19.3 Å². The molecule has 1 aromatic carbocycles. The first-order chi connectivity index (χ1) is 8.67. The van der Waals surface area contributed by atoms with E-state index < -0.39 is 0 Å². The van der Waals surface area contributed by atoms with Crippen LogP contribution in [0.1, 0.15) is 18.4 Å². The minimum Gasteiger partial charge on any atom is -0.497 e. The average molecular weight is 250 g/mol. The van der Waals surface area contributed by atoms with Gasteiger partial charge in [0.25, 0.3) is 0 Å². The van der Waals surface area contributed by atoms with Gasteiger partial charge in [-0.3, -0.25) is 4.79 Å². The smallest absolute Gasteiger partial charge is 0.222 e. The summed E-state index contributed by atoms with van der Waals surface area (Å²) in [5.41, 5.74) is 6.56. The van der Waals surface area contributed by atoms with Gasteiger partial charge in [-0.25, -0.2) is 0 Å². The molecule has 0 heterocycles. The zero-order chi connectivity index (χ0) is 13.4. The van der Waals surface area contributed by atoms with Crippen LogP contribution in [0, 0.1) is 0 Å². The van der Waals surface area contributed by atoms with Crippen LogP contribution in [0.3, 0.4) is 0 Å². The van der Waals surface area contributed by atoms with Crippen LogP contribution in [-0.4, -0.2) is 38.1 Å². The van der Waals surface area contributed by atoms with Crippen LogP contribution in [0.5, 0.6) is 5.75 Å². The van der Waals surface area contributed by atoms with Gasteiger partial charge in [-0.2, -0.15) is 0 Å². The fraction of sp³-hybridized carbons (Fsp3) is 0.500. The summed E-state index contributed by atoms with van der Waals surface area (Å²) < 4.78 is 5.17. The van der Waals surface area contributed by atoms with Gasteiger partial charge in [0.2, 0.25) is 5.91 Å². The molecule has 2 N–H and O–H groups in total. The van der Waals surface area contributed by atoms with Crippen LogP contribution in [-0.2, 0) is 11.2 Å². The van der Waals surface area contributed by atoms with E-state index in [0.717, 1.165) is 25.1 Å².